The number of hydrogen-bond acceptors (Lipinski definition) is 5. The molecule has 0 aliphatic carbocycles. The number of rotatable bonds is 6. The maximum Gasteiger partial charge on any atom is 0.263 e. The van der Waals surface area contributed by atoms with Crippen molar-refractivity contribution >= 4 is 21.7 Å². The Morgan fingerprint density at radius 1 is 1.21 bits per heavy atom. The maximum absolute atomic E-state index is 12.6. The summed E-state index contributed by atoms with van der Waals surface area (Å²) in [5, 5.41) is 0. The van der Waals surface area contributed by atoms with E-state index < -0.39 is 10.0 Å². The highest BCUT2D eigenvalue weighted by Gasteiger charge is 2.19. The predicted molar refractivity (Wildman–Crippen MR) is 91.3 cm³/mol. The van der Waals surface area contributed by atoms with Crippen molar-refractivity contribution in [1.82, 2.24) is 14.9 Å². The fourth-order valence-electron chi connectivity index (χ4n) is 2.11. The van der Waals surface area contributed by atoms with Crippen LogP contribution in [0.5, 0.6) is 0 Å². The van der Waals surface area contributed by atoms with E-state index in [4.69, 9.17) is 0 Å². The van der Waals surface area contributed by atoms with Crippen molar-refractivity contribution in [2.45, 2.75) is 24.7 Å². The van der Waals surface area contributed by atoms with Crippen LogP contribution in [0.1, 0.15) is 29.4 Å². The fourth-order valence-corrected chi connectivity index (χ4v) is 3.20. The number of nitrogens with one attached hydrogen (secondary N) is 1. The van der Waals surface area contributed by atoms with Crippen LogP contribution >= 0.6 is 0 Å². The van der Waals surface area contributed by atoms with E-state index in [1.165, 1.54) is 35.5 Å². The molecule has 8 heteroatoms. The molecule has 2 aromatic rings. The number of aromatic nitrogens is 2. The molecule has 1 aromatic heterocycles. The molecule has 0 radical (unpaired) electrons. The first-order valence-corrected chi connectivity index (χ1v) is 8.98. The van der Waals surface area contributed by atoms with Gasteiger partial charge in [0, 0.05) is 32.1 Å². The van der Waals surface area contributed by atoms with E-state index in [1.807, 2.05) is 6.92 Å². The SMILES string of the molecule is CCCc1nccnc1NS(=O)(=O)c1cccc(C(=O)N(C)C)c1. The highest BCUT2D eigenvalue weighted by molar-refractivity contribution is 7.92. The van der Waals surface area contributed by atoms with Gasteiger partial charge in [0.25, 0.3) is 15.9 Å². The number of sulfonamides is 1. The molecular weight excluding hydrogens is 328 g/mol. The molecule has 0 saturated heterocycles. The second-order valence-electron chi connectivity index (χ2n) is 5.43. The van der Waals surface area contributed by atoms with Gasteiger partial charge in [-0.2, -0.15) is 0 Å². The lowest BCUT2D eigenvalue weighted by molar-refractivity contribution is 0.0827. The van der Waals surface area contributed by atoms with Crippen molar-refractivity contribution in [2.75, 3.05) is 18.8 Å². The van der Waals surface area contributed by atoms with Crippen molar-refractivity contribution in [2.24, 2.45) is 0 Å². The average molecular weight is 348 g/mol. The lowest BCUT2D eigenvalue weighted by Gasteiger charge is -2.13. The lowest BCUT2D eigenvalue weighted by atomic mass is 10.2. The van der Waals surface area contributed by atoms with Gasteiger partial charge in [0.05, 0.1) is 10.6 Å². The van der Waals surface area contributed by atoms with Gasteiger partial charge in [0.2, 0.25) is 0 Å². The Bertz CT molecular complexity index is 835. The second-order valence-corrected chi connectivity index (χ2v) is 7.12. The molecule has 0 unspecified atom stereocenters. The Morgan fingerprint density at radius 2 is 1.92 bits per heavy atom. The Hall–Kier alpha value is -2.48. The number of nitrogens with zero attached hydrogens (tertiary/aromatic N) is 3. The third kappa shape index (κ3) is 4.08. The van der Waals surface area contributed by atoms with E-state index in [0.29, 0.717) is 17.7 Å². The molecule has 0 bridgehead atoms. The van der Waals surface area contributed by atoms with Crippen LogP contribution in [0, 0.1) is 0 Å². The highest BCUT2D eigenvalue weighted by atomic mass is 32.2. The molecule has 0 aliphatic rings. The summed E-state index contributed by atoms with van der Waals surface area (Å²) >= 11 is 0. The van der Waals surface area contributed by atoms with E-state index in [0.717, 1.165) is 6.42 Å². The zero-order chi connectivity index (χ0) is 17.7. The smallest absolute Gasteiger partial charge is 0.263 e. The van der Waals surface area contributed by atoms with Crippen LogP contribution in [-0.4, -0.2) is 43.3 Å². The van der Waals surface area contributed by atoms with Crippen molar-refractivity contribution in [1.29, 1.82) is 0 Å². The van der Waals surface area contributed by atoms with Gasteiger partial charge in [0.15, 0.2) is 5.82 Å². The van der Waals surface area contributed by atoms with Crippen LogP contribution in [0.2, 0.25) is 0 Å². The highest BCUT2D eigenvalue weighted by Crippen LogP contribution is 2.18. The standard InChI is InChI=1S/C16H20N4O3S/c1-4-6-14-15(18-10-9-17-14)19-24(22,23)13-8-5-7-12(11-13)16(21)20(2)3/h5,7-11H,4,6H2,1-3H3,(H,18,19). The number of anilines is 1. The van der Waals surface area contributed by atoms with Crippen molar-refractivity contribution < 1.29 is 13.2 Å². The van der Waals surface area contributed by atoms with E-state index in [1.54, 1.807) is 20.2 Å². The molecule has 0 aliphatic heterocycles. The van der Waals surface area contributed by atoms with Crippen molar-refractivity contribution in [3.05, 3.63) is 47.9 Å². The number of amides is 1. The first kappa shape index (κ1) is 17.9. The first-order valence-electron chi connectivity index (χ1n) is 7.49. The third-order valence-corrected chi connectivity index (χ3v) is 4.63. The molecule has 0 saturated carbocycles. The van der Waals surface area contributed by atoms with Gasteiger partial charge in [0.1, 0.15) is 0 Å². The monoisotopic (exact) mass is 348 g/mol. The number of carbonyl (C=O) groups is 1. The summed E-state index contributed by atoms with van der Waals surface area (Å²) in [6, 6.07) is 5.90. The van der Waals surface area contributed by atoms with Crippen LogP contribution in [0.25, 0.3) is 0 Å². The van der Waals surface area contributed by atoms with Gasteiger partial charge >= 0.3 is 0 Å². The van der Waals surface area contributed by atoms with E-state index >= 15 is 0 Å². The summed E-state index contributed by atoms with van der Waals surface area (Å²) in [5.74, 6) is -0.0538. The zero-order valence-electron chi connectivity index (χ0n) is 13.9. The molecule has 24 heavy (non-hydrogen) atoms. The van der Waals surface area contributed by atoms with Gasteiger partial charge in [-0.1, -0.05) is 19.4 Å². The lowest BCUT2D eigenvalue weighted by Crippen LogP contribution is -2.22. The van der Waals surface area contributed by atoms with Gasteiger partial charge in [-0.25, -0.2) is 13.4 Å². The maximum atomic E-state index is 12.6. The van der Waals surface area contributed by atoms with Crippen LogP contribution in [0.4, 0.5) is 5.82 Å². The quantitative estimate of drug-likeness (QED) is 0.861. The van der Waals surface area contributed by atoms with Gasteiger partial charge < -0.3 is 4.90 Å². The number of hydrogen-bond donors (Lipinski definition) is 1. The number of carbonyl (C=O) groups excluding carboxylic acids is 1. The summed E-state index contributed by atoms with van der Waals surface area (Å²) in [5.41, 5.74) is 0.889. The average Bonchev–Trinajstić information content (AvgIpc) is 2.56. The molecule has 2 rings (SSSR count). The van der Waals surface area contributed by atoms with Crippen LogP contribution < -0.4 is 4.72 Å². The van der Waals surface area contributed by atoms with E-state index in [-0.39, 0.29) is 16.6 Å². The van der Waals surface area contributed by atoms with E-state index in [2.05, 4.69) is 14.7 Å². The Labute approximate surface area is 141 Å². The Kier molecular flexibility index (Phi) is 5.50. The summed E-state index contributed by atoms with van der Waals surface area (Å²) in [7, 11) is -0.640. The summed E-state index contributed by atoms with van der Waals surface area (Å²) in [4.78, 5) is 21.6. The molecule has 128 valence electrons. The molecule has 1 heterocycles. The van der Waals surface area contributed by atoms with Crippen molar-refractivity contribution in [3.8, 4) is 0 Å². The van der Waals surface area contributed by atoms with Crippen LogP contribution in [0.15, 0.2) is 41.6 Å². The minimum Gasteiger partial charge on any atom is -0.345 e. The minimum atomic E-state index is -3.86. The fraction of sp³-hybridized carbons (Fsp3) is 0.312. The van der Waals surface area contributed by atoms with Gasteiger partial charge in [-0.15, -0.1) is 0 Å². The zero-order valence-corrected chi connectivity index (χ0v) is 14.7. The topological polar surface area (TPSA) is 92.3 Å². The molecule has 0 atom stereocenters. The normalized spacial score (nSPS) is 11.1. The Balaban J connectivity index is 2.35. The summed E-state index contributed by atoms with van der Waals surface area (Å²) < 4.78 is 27.7. The van der Waals surface area contributed by atoms with Gasteiger partial charge in [-0.3, -0.25) is 14.5 Å². The largest absolute Gasteiger partial charge is 0.345 e. The summed E-state index contributed by atoms with van der Waals surface area (Å²) in [6.07, 6.45) is 4.40. The predicted octanol–water partition coefficient (Wildman–Crippen LogP) is 1.93. The minimum absolute atomic E-state index is 0.00306. The molecule has 7 nitrogen and oxygen atoms in total. The van der Waals surface area contributed by atoms with Crippen molar-refractivity contribution in [3.63, 3.8) is 0 Å². The molecule has 1 amide bonds. The van der Waals surface area contributed by atoms with Crippen LogP contribution in [-0.2, 0) is 16.4 Å². The number of aryl methyl sites for hydroxylation is 1. The third-order valence-electron chi connectivity index (χ3n) is 3.29. The van der Waals surface area contributed by atoms with Crippen LogP contribution in [0.3, 0.4) is 0 Å². The second kappa shape index (κ2) is 7.39. The first-order chi connectivity index (χ1) is 11.3. The molecule has 1 N–H and O–H groups in total. The molecule has 1 aromatic carbocycles. The molecular formula is C16H20N4O3S. The van der Waals surface area contributed by atoms with Gasteiger partial charge in [-0.05, 0) is 24.6 Å². The molecule has 0 fully saturated rings. The molecule has 0 spiro atoms. The Morgan fingerprint density at radius 3 is 2.58 bits per heavy atom. The summed E-state index contributed by atoms with van der Waals surface area (Å²) in [6.45, 7) is 1.98. The number of benzene rings is 1. The van der Waals surface area contributed by atoms with E-state index in [9.17, 15) is 13.2 Å².